The number of hydrogen-bond donors (Lipinski definition) is 3. The van der Waals surface area contributed by atoms with Crippen LogP contribution in [0.15, 0.2) is 30.5 Å². The van der Waals surface area contributed by atoms with Gasteiger partial charge in [-0.3, -0.25) is 0 Å². The van der Waals surface area contributed by atoms with E-state index < -0.39 is 5.41 Å². The number of anilines is 3. The second-order valence-corrected chi connectivity index (χ2v) is 9.00. The molecule has 1 aliphatic heterocycles. The predicted molar refractivity (Wildman–Crippen MR) is 123 cm³/mol. The minimum absolute atomic E-state index is 0.0238. The summed E-state index contributed by atoms with van der Waals surface area (Å²) in [5.41, 5.74) is 3.51. The van der Waals surface area contributed by atoms with Crippen LogP contribution in [0.2, 0.25) is 0 Å². The van der Waals surface area contributed by atoms with Crippen LogP contribution < -0.4 is 10.6 Å². The zero-order valence-corrected chi connectivity index (χ0v) is 18.3. The standard InChI is InChI=1S/C24H24N8O/c1-24(14-33)13-28-22-17(11-25)8-16(9-19(22)24)20-4-6-27-23(29-20)30-21-10-18(12-26)31-32(21)7-5-15-2-3-15/h4,6,8-10,15,28,33H,2-3,5,7,13-14H2,1H3,(H,27,29,30). The maximum Gasteiger partial charge on any atom is 0.228 e. The van der Waals surface area contributed by atoms with Gasteiger partial charge in [-0.15, -0.1) is 0 Å². The van der Waals surface area contributed by atoms with Gasteiger partial charge in [-0.25, -0.2) is 14.6 Å². The van der Waals surface area contributed by atoms with Crippen molar-refractivity contribution in [3.05, 3.63) is 47.3 Å². The molecule has 2 aliphatic rings. The zero-order chi connectivity index (χ0) is 23.0. The van der Waals surface area contributed by atoms with Crippen molar-refractivity contribution in [2.24, 2.45) is 5.92 Å². The number of benzene rings is 1. The first-order valence-electron chi connectivity index (χ1n) is 11.0. The molecule has 0 amide bonds. The average Bonchev–Trinajstić information content (AvgIpc) is 3.51. The fourth-order valence-electron chi connectivity index (χ4n) is 4.21. The van der Waals surface area contributed by atoms with Crippen LogP contribution in [0.25, 0.3) is 11.3 Å². The van der Waals surface area contributed by atoms with Gasteiger partial charge in [0.2, 0.25) is 5.95 Å². The number of nitriles is 2. The molecule has 1 atom stereocenters. The molecular formula is C24H24N8O. The monoisotopic (exact) mass is 440 g/mol. The van der Waals surface area contributed by atoms with E-state index in [-0.39, 0.29) is 6.61 Å². The lowest BCUT2D eigenvalue weighted by molar-refractivity contribution is 0.219. The van der Waals surface area contributed by atoms with Crippen molar-refractivity contribution in [2.45, 2.75) is 38.1 Å². The summed E-state index contributed by atoms with van der Waals surface area (Å²) in [6.45, 7) is 3.25. The smallest absolute Gasteiger partial charge is 0.228 e. The molecular weight excluding hydrogens is 416 g/mol. The van der Waals surface area contributed by atoms with E-state index in [2.05, 4.69) is 37.8 Å². The van der Waals surface area contributed by atoms with Crippen LogP contribution in [-0.4, -0.2) is 38.0 Å². The van der Waals surface area contributed by atoms with Crippen molar-refractivity contribution in [1.29, 1.82) is 10.5 Å². The van der Waals surface area contributed by atoms with Gasteiger partial charge >= 0.3 is 0 Å². The highest BCUT2D eigenvalue weighted by Crippen LogP contribution is 2.41. The van der Waals surface area contributed by atoms with E-state index in [4.69, 9.17) is 0 Å². The van der Waals surface area contributed by atoms with E-state index >= 15 is 0 Å². The summed E-state index contributed by atoms with van der Waals surface area (Å²) < 4.78 is 1.80. The van der Waals surface area contributed by atoms with Crippen LogP contribution >= 0.6 is 0 Å². The van der Waals surface area contributed by atoms with Gasteiger partial charge in [0.05, 0.1) is 23.6 Å². The van der Waals surface area contributed by atoms with Gasteiger partial charge < -0.3 is 15.7 Å². The summed E-state index contributed by atoms with van der Waals surface area (Å²) in [6, 6.07) is 11.6. The first kappa shape index (κ1) is 20.9. The molecule has 3 heterocycles. The molecule has 166 valence electrons. The molecule has 0 spiro atoms. The lowest BCUT2D eigenvalue weighted by Crippen LogP contribution is -2.28. The Bertz CT molecular complexity index is 1300. The summed E-state index contributed by atoms with van der Waals surface area (Å²) in [7, 11) is 0. The quantitative estimate of drug-likeness (QED) is 0.509. The van der Waals surface area contributed by atoms with Crippen LogP contribution in [0.3, 0.4) is 0 Å². The number of aryl methyl sites for hydroxylation is 1. The highest BCUT2D eigenvalue weighted by atomic mass is 16.3. The van der Waals surface area contributed by atoms with E-state index in [0.29, 0.717) is 35.3 Å². The Balaban J connectivity index is 1.46. The van der Waals surface area contributed by atoms with Gasteiger partial charge in [0.15, 0.2) is 5.69 Å². The van der Waals surface area contributed by atoms with Crippen molar-refractivity contribution in [1.82, 2.24) is 19.7 Å². The Labute approximate surface area is 191 Å². The molecule has 0 bridgehead atoms. The number of aromatic nitrogens is 4. The summed E-state index contributed by atoms with van der Waals surface area (Å²) >= 11 is 0. The molecule has 0 radical (unpaired) electrons. The zero-order valence-electron chi connectivity index (χ0n) is 18.3. The molecule has 1 saturated carbocycles. The van der Waals surface area contributed by atoms with Crippen molar-refractivity contribution >= 4 is 17.5 Å². The van der Waals surface area contributed by atoms with Crippen LogP contribution in [-0.2, 0) is 12.0 Å². The number of nitrogens with one attached hydrogen (secondary N) is 2. The molecule has 1 unspecified atom stereocenters. The van der Waals surface area contributed by atoms with Gasteiger partial charge in [-0.05, 0) is 36.1 Å². The van der Waals surface area contributed by atoms with Gasteiger partial charge in [-0.1, -0.05) is 19.8 Å². The molecule has 1 aromatic carbocycles. The van der Waals surface area contributed by atoms with E-state index in [1.54, 1.807) is 29.1 Å². The van der Waals surface area contributed by atoms with Gasteiger partial charge in [0.1, 0.15) is 18.0 Å². The van der Waals surface area contributed by atoms with Crippen molar-refractivity contribution < 1.29 is 5.11 Å². The lowest BCUT2D eigenvalue weighted by atomic mass is 9.83. The number of aliphatic hydroxyl groups excluding tert-OH is 1. The highest BCUT2D eigenvalue weighted by Gasteiger charge is 2.36. The number of aliphatic hydroxyl groups is 1. The maximum absolute atomic E-state index is 9.95. The third-order valence-corrected chi connectivity index (χ3v) is 6.45. The summed E-state index contributed by atoms with van der Waals surface area (Å²) in [5, 5.41) is 39.7. The van der Waals surface area contributed by atoms with Crippen LogP contribution in [0.1, 0.15) is 43.0 Å². The largest absolute Gasteiger partial charge is 0.395 e. The lowest BCUT2D eigenvalue weighted by Gasteiger charge is -2.21. The molecule has 1 fully saturated rings. The second kappa shape index (κ2) is 8.19. The number of nitrogens with zero attached hydrogens (tertiary/aromatic N) is 6. The molecule has 3 N–H and O–H groups in total. The summed E-state index contributed by atoms with van der Waals surface area (Å²) in [6.07, 6.45) is 5.21. The SMILES string of the molecule is CC1(CO)CNc2c(C#N)cc(-c3ccnc(Nc4cc(C#N)nn4CCC4CC4)n3)cc21. The van der Waals surface area contributed by atoms with Gasteiger partial charge in [0.25, 0.3) is 0 Å². The fourth-order valence-corrected chi connectivity index (χ4v) is 4.21. The van der Waals surface area contributed by atoms with Crippen LogP contribution in [0.4, 0.5) is 17.5 Å². The Morgan fingerprint density at radius 2 is 2.12 bits per heavy atom. The topological polar surface area (TPSA) is 135 Å². The first-order valence-corrected chi connectivity index (χ1v) is 11.0. The molecule has 2 aromatic heterocycles. The molecule has 9 nitrogen and oxygen atoms in total. The van der Waals surface area contributed by atoms with Gasteiger partial charge in [-0.2, -0.15) is 15.6 Å². The molecule has 1 aliphatic carbocycles. The highest BCUT2D eigenvalue weighted by molar-refractivity contribution is 5.76. The normalized spacial score (nSPS) is 18.8. The number of hydrogen-bond acceptors (Lipinski definition) is 8. The minimum atomic E-state index is -0.465. The average molecular weight is 441 g/mol. The maximum atomic E-state index is 9.95. The summed E-state index contributed by atoms with van der Waals surface area (Å²) in [5.74, 6) is 1.81. The Morgan fingerprint density at radius 3 is 2.85 bits per heavy atom. The third-order valence-electron chi connectivity index (χ3n) is 6.45. The Hall–Kier alpha value is -3.95. The number of rotatable bonds is 7. The van der Waals surface area contributed by atoms with Crippen molar-refractivity contribution in [3.63, 3.8) is 0 Å². The number of fused-ring (bicyclic) bond motifs is 1. The van der Waals surface area contributed by atoms with E-state index in [0.717, 1.165) is 35.7 Å². The van der Waals surface area contributed by atoms with Crippen LogP contribution in [0, 0.1) is 28.6 Å². The minimum Gasteiger partial charge on any atom is -0.395 e. The van der Waals surface area contributed by atoms with Gasteiger partial charge in [0, 0.05) is 36.3 Å². The molecule has 3 aromatic rings. The van der Waals surface area contributed by atoms with E-state index in [1.165, 1.54) is 12.8 Å². The van der Waals surface area contributed by atoms with Crippen molar-refractivity contribution in [2.75, 3.05) is 23.8 Å². The first-order chi connectivity index (χ1) is 16.0. The molecule has 5 rings (SSSR count). The van der Waals surface area contributed by atoms with Crippen molar-refractivity contribution in [3.8, 4) is 23.4 Å². The molecule has 0 saturated heterocycles. The third kappa shape index (κ3) is 3.99. The molecule has 33 heavy (non-hydrogen) atoms. The Kier molecular flexibility index (Phi) is 5.20. The van der Waals surface area contributed by atoms with E-state index in [9.17, 15) is 15.6 Å². The second-order valence-electron chi connectivity index (χ2n) is 9.00. The van der Waals surface area contributed by atoms with E-state index in [1.807, 2.05) is 13.0 Å². The predicted octanol–water partition coefficient (Wildman–Crippen LogP) is 3.30. The molecule has 9 heteroatoms. The Morgan fingerprint density at radius 1 is 1.27 bits per heavy atom. The summed E-state index contributed by atoms with van der Waals surface area (Å²) in [4.78, 5) is 9.00. The van der Waals surface area contributed by atoms with Crippen LogP contribution in [0.5, 0.6) is 0 Å². The fraction of sp³-hybridized carbons (Fsp3) is 0.375.